The number of para-hydroxylation sites is 1. The summed E-state index contributed by atoms with van der Waals surface area (Å²) >= 11 is 1.67. The molecular formula is C19H23NO3S. The average molecular weight is 345 g/mol. The molecule has 0 saturated carbocycles. The summed E-state index contributed by atoms with van der Waals surface area (Å²) in [4.78, 5) is 16.0. The summed E-state index contributed by atoms with van der Waals surface area (Å²) in [6, 6.07) is 11.5. The van der Waals surface area contributed by atoms with Gasteiger partial charge in [0.05, 0.1) is 18.2 Å². The highest BCUT2D eigenvalue weighted by Crippen LogP contribution is 2.23. The maximum atomic E-state index is 12.9. The quantitative estimate of drug-likeness (QED) is 0.762. The maximum Gasteiger partial charge on any atom is 0.257 e. The number of benzene rings is 1. The molecule has 1 saturated heterocycles. The fourth-order valence-electron chi connectivity index (χ4n) is 2.82. The summed E-state index contributed by atoms with van der Waals surface area (Å²) in [5.74, 6) is 0.650. The van der Waals surface area contributed by atoms with Gasteiger partial charge in [0.15, 0.2) is 0 Å². The van der Waals surface area contributed by atoms with Gasteiger partial charge in [-0.25, -0.2) is 0 Å². The van der Waals surface area contributed by atoms with Crippen LogP contribution in [0.2, 0.25) is 0 Å². The number of carbonyl (C=O) groups is 1. The zero-order chi connectivity index (χ0) is 16.8. The molecule has 128 valence electrons. The lowest BCUT2D eigenvalue weighted by Gasteiger charge is -2.22. The van der Waals surface area contributed by atoms with Crippen molar-refractivity contribution in [3.63, 3.8) is 0 Å². The Bertz CT molecular complexity index is 650. The highest BCUT2D eigenvalue weighted by Gasteiger charge is 2.21. The molecule has 1 aliphatic heterocycles. The van der Waals surface area contributed by atoms with E-state index in [0.717, 1.165) is 19.4 Å². The SMILES string of the molecule is CCN(Cc1cccs1)C(=O)c1ccccc1OCC1CCCO1. The molecule has 1 aromatic heterocycles. The first-order valence-electron chi connectivity index (χ1n) is 8.43. The first-order chi connectivity index (χ1) is 11.8. The summed E-state index contributed by atoms with van der Waals surface area (Å²) in [5.41, 5.74) is 0.619. The number of hydrogen-bond acceptors (Lipinski definition) is 4. The summed E-state index contributed by atoms with van der Waals surface area (Å²) in [5, 5.41) is 2.03. The molecular weight excluding hydrogens is 322 g/mol. The number of rotatable bonds is 7. The highest BCUT2D eigenvalue weighted by molar-refractivity contribution is 7.09. The Kier molecular flexibility index (Phi) is 5.88. The van der Waals surface area contributed by atoms with Gasteiger partial charge >= 0.3 is 0 Å². The van der Waals surface area contributed by atoms with Crippen LogP contribution in [0.25, 0.3) is 0 Å². The third-order valence-electron chi connectivity index (χ3n) is 4.16. The molecule has 24 heavy (non-hydrogen) atoms. The molecule has 1 aromatic carbocycles. The number of hydrogen-bond donors (Lipinski definition) is 0. The Balaban J connectivity index is 1.70. The van der Waals surface area contributed by atoms with E-state index in [9.17, 15) is 4.79 Å². The monoisotopic (exact) mass is 345 g/mol. The normalized spacial score (nSPS) is 17.0. The molecule has 1 amide bonds. The van der Waals surface area contributed by atoms with E-state index in [1.54, 1.807) is 11.3 Å². The second-order valence-corrected chi connectivity index (χ2v) is 6.87. The number of amides is 1. The van der Waals surface area contributed by atoms with Crippen LogP contribution in [0, 0.1) is 0 Å². The van der Waals surface area contributed by atoms with E-state index >= 15 is 0 Å². The fraction of sp³-hybridized carbons (Fsp3) is 0.421. The summed E-state index contributed by atoms with van der Waals surface area (Å²) in [6.45, 7) is 4.60. The molecule has 0 aliphatic carbocycles. The molecule has 1 atom stereocenters. The molecule has 3 rings (SSSR count). The lowest BCUT2D eigenvalue weighted by molar-refractivity contribution is 0.0650. The molecule has 0 spiro atoms. The van der Waals surface area contributed by atoms with E-state index in [0.29, 0.717) is 31.0 Å². The molecule has 1 aliphatic rings. The highest BCUT2D eigenvalue weighted by atomic mass is 32.1. The van der Waals surface area contributed by atoms with Crippen molar-refractivity contribution in [3.8, 4) is 5.75 Å². The van der Waals surface area contributed by atoms with Crippen molar-refractivity contribution in [3.05, 3.63) is 52.2 Å². The van der Waals surface area contributed by atoms with Gasteiger partial charge in [0, 0.05) is 18.0 Å². The van der Waals surface area contributed by atoms with Crippen molar-refractivity contribution >= 4 is 17.2 Å². The van der Waals surface area contributed by atoms with Gasteiger partial charge in [0.25, 0.3) is 5.91 Å². The Morgan fingerprint density at radius 1 is 1.33 bits per heavy atom. The minimum absolute atomic E-state index is 0.00819. The molecule has 4 nitrogen and oxygen atoms in total. The van der Waals surface area contributed by atoms with Crippen LogP contribution in [0.4, 0.5) is 0 Å². The minimum atomic E-state index is 0.00819. The van der Waals surface area contributed by atoms with Crippen molar-refractivity contribution in [2.75, 3.05) is 19.8 Å². The molecule has 2 heterocycles. The molecule has 1 fully saturated rings. The van der Waals surface area contributed by atoms with Crippen LogP contribution in [0.15, 0.2) is 41.8 Å². The van der Waals surface area contributed by atoms with Crippen LogP contribution in [0.3, 0.4) is 0 Å². The maximum absolute atomic E-state index is 12.9. The van der Waals surface area contributed by atoms with Crippen molar-refractivity contribution in [2.24, 2.45) is 0 Å². The largest absolute Gasteiger partial charge is 0.490 e. The van der Waals surface area contributed by atoms with Crippen LogP contribution in [-0.4, -0.2) is 36.7 Å². The number of thiophene rings is 1. The third-order valence-corrected chi connectivity index (χ3v) is 5.02. The summed E-state index contributed by atoms with van der Waals surface area (Å²) in [6.07, 6.45) is 2.25. The van der Waals surface area contributed by atoms with Crippen molar-refractivity contribution < 1.29 is 14.3 Å². The van der Waals surface area contributed by atoms with E-state index in [-0.39, 0.29) is 12.0 Å². The molecule has 0 radical (unpaired) electrons. The number of nitrogens with zero attached hydrogens (tertiary/aromatic N) is 1. The van der Waals surface area contributed by atoms with E-state index < -0.39 is 0 Å². The molecule has 0 bridgehead atoms. The van der Waals surface area contributed by atoms with Gasteiger partial charge in [-0.05, 0) is 43.3 Å². The van der Waals surface area contributed by atoms with Crippen molar-refractivity contribution in [2.45, 2.75) is 32.4 Å². The average Bonchev–Trinajstić information content (AvgIpc) is 3.31. The Morgan fingerprint density at radius 3 is 2.92 bits per heavy atom. The molecule has 2 aromatic rings. The van der Waals surface area contributed by atoms with Crippen LogP contribution in [0.5, 0.6) is 5.75 Å². The minimum Gasteiger partial charge on any atom is -0.490 e. The van der Waals surface area contributed by atoms with E-state index in [1.165, 1.54) is 4.88 Å². The van der Waals surface area contributed by atoms with E-state index in [1.807, 2.05) is 47.5 Å². The standard InChI is InChI=1S/C19H23NO3S/c1-2-20(13-16-8-6-12-24-16)19(21)17-9-3-4-10-18(17)23-14-15-7-5-11-22-15/h3-4,6,8-10,12,15H,2,5,7,11,13-14H2,1H3. The fourth-order valence-corrected chi connectivity index (χ4v) is 3.54. The topological polar surface area (TPSA) is 38.8 Å². The Morgan fingerprint density at radius 2 is 2.21 bits per heavy atom. The van der Waals surface area contributed by atoms with E-state index in [2.05, 4.69) is 6.07 Å². The lowest BCUT2D eigenvalue weighted by atomic mass is 10.1. The first kappa shape index (κ1) is 17.0. The second-order valence-electron chi connectivity index (χ2n) is 5.84. The van der Waals surface area contributed by atoms with Gasteiger partial charge in [0.1, 0.15) is 12.4 Å². The lowest BCUT2D eigenvalue weighted by Crippen LogP contribution is -2.30. The second kappa shape index (κ2) is 8.31. The molecule has 5 heteroatoms. The van der Waals surface area contributed by atoms with Gasteiger partial charge in [0.2, 0.25) is 0 Å². The summed E-state index contributed by atoms with van der Waals surface area (Å²) < 4.78 is 11.5. The van der Waals surface area contributed by atoms with Crippen molar-refractivity contribution in [1.82, 2.24) is 4.90 Å². The number of carbonyl (C=O) groups excluding carboxylic acids is 1. The van der Waals surface area contributed by atoms with Crippen LogP contribution >= 0.6 is 11.3 Å². The third kappa shape index (κ3) is 4.16. The Hall–Kier alpha value is -1.85. The van der Waals surface area contributed by atoms with Gasteiger partial charge in [-0.1, -0.05) is 18.2 Å². The van der Waals surface area contributed by atoms with Gasteiger partial charge < -0.3 is 14.4 Å². The van der Waals surface area contributed by atoms with Gasteiger partial charge in [-0.15, -0.1) is 11.3 Å². The predicted molar refractivity (Wildman–Crippen MR) is 95.6 cm³/mol. The zero-order valence-corrected chi connectivity index (χ0v) is 14.8. The van der Waals surface area contributed by atoms with Crippen molar-refractivity contribution in [1.29, 1.82) is 0 Å². The number of ether oxygens (including phenoxy) is 2. The van der Waals surface area contributed by atoms with E-state index in [4.69, 9.17) is 9.47 Å². The van der Waals surface area contributed by atoms with Crippen LogP contribution < -0.4 is 4.74 Å². The first-order valence-corrected chi connectivity index (χ1v) is 9.31. The van der Waals surface area contributed by atoms with Crippen LogP contribution in [-0.2, 0) is 11.3 Å². The van der Waals surface area contributed by atoms with Gasteiger partial charge in [-0.3, -0.25) is 4.79 Å². The smallest absolute Gasteiger partial charge is 0.257 e. The van der Waals surface area contributed by atoms with Crippen LogP contribution in [0.1, 0.15) is 35.0 Å². The summed E-state index contributed by atoms with van der Waals surface area (Å²) in [7, 11) is 0. The predicted octanol–water partition coefficient (Wildman–Crippen LogP) is 3.97. The van der Waals surface area contributed by atoms with Gasteiger partial charge in [-0.2, -0.15) is 0 Å². The molecule has 1 unspecified atom stereocenters. The zero-order valence-electron chi connectivity index (χ0n) is 13.9. The Labute approximate surface area is 147 Å². The molecule has 0 N–H and O–H groups in total.